The van der Waals surface area contributed by atoms with Gasteiger partial charge in [0, 0.05) is 25.0 Å². The van der Waals surface area contributed by atoms with Crippen LogP contribution in [0.3, 0.4) is 0 Å². The third kappa shape index (κ3) is 5.43. The van der Waals surface area contributed by atoms with Gasteiger partial charge in [0.1, 0.15) is 12.9 Å². The van der Waals surface area contributed by atoms with E-state index >= 15 is 0 Å². The predicted molar refractivity (Wildman–Crippen MR) is 121 cm³/mol. The summed E-state index contributed by atoms with van der Waals surface area (Å²) in [5, 5.41) is 15.1. The van der Waals surface area contributed by atoms with Gasteiger partial charge in [-0.3, -0.25) is 0 Å². The molecule has 0 atom stereocenters. The van der Waals surface area contributed by atoms with Crippen molar-refractivity contribution in [2.24, 2.45) is 4.99 Å². The maximum absolute atomic E-state index is 4.72. The molecule has 1 aromatic carbocycles. The van der Waals surface area contributed by atoms with Gasteiger partial charge in [-0.2, -0.15) is 0 Å². The first-order chi connectivity index (χ1) is 12.8. The van der Waals surface area contributed by atoms with Crippen LogP contribution < -0.4 is 10.6 Å². The third-order valence-electron chi connectivity index (χ3n) is 5.30. The average Bonchev–Trinajstić information content (AvgIpc) is 3.34. The molecular formula is C20H31IN6. The van der Waals surface area contributed by atoms with Crippen LogP contribution in [0.25, 0.3) is 0 Å². The quantitative estimate of drug-likeness (QED) is 0.360. The summed E-state index contributed by atoms with van der Waals surface area (Å²) in [5.74, 6) is 1.74. The van der Waals surface area contributed by atoms with Crippen LogP contribution in [0.5, 0.6) is 0 Å². The summed E-state index contributed by atoms with van der Waals surface area (Å²) in [5.41, 5.74) is 1.65. The van der Waals surface area contributed by atoms with E-state index in [0.29, 0.717) is 6.54 Å². The molecule has 1 aromatic heterocycles. The van der Waals surface area contributed by atoms with Gasteiger partial charge in [-0.25, -0.2) is 4.99 Å². The van der Waals surface area contributed by atoms with Crippen LogP contribution in [-0.2, 0) is 18.5 Å². The Morgan fingerprint density at radius 2 is 1.89 bits per heavy atom. The minimum atomic E-state index is 0. The molecule has 27 heavy (non-hydrogen) atoms. The molecule has 7 heteroatoms. The maximum Gasteiger partial charge on any atom is 0.191 e. The highest BCUT2D eigenvalue weighted by molar-refractivity contribution is 14.0. The van der Waals surface area contributed by atoms with Crippen molar-refractivity contribution in [1.82, 2.24) is 25.4 Å². The van der Waals surface area contributed by atoms with Crippen LogP contribution >= 0.6 is 24.0 Å². The smallest absolute Gasteiger partial charge is 0.191 e. The molecule has 148 valence electrons. The molecule has 0 radical (unpaired) electrons. The van der Waals surface area contributed by atoms with Crippen molar-refractivity contribution in [1.29, 1.82) is 0 Å². The van der Waals surface area contributed by atoms with Gasteiger partial charge < -0.3 is 15.2 Å². The van der Waals surface area contributed by atoms with Crippen LogP contribution in [0.1, 0.15) is 50.9 Å². The summed E-state index contributed by atoms with van der Waals surface area (Å²) >= 11 is 0. The molecule has 2 aromatic rings. The second kappa shape index (κ2) is 10.6. The maximum atomic E-state index is 4.72. The molecule has 0 spiro atoms. The van der Waals surface area contributed by atoms with E-state index in [2.05, 4.69) is 65.0 Å². The molecule has 3 rings (SSSR count). The predicted octanol–water partition coefficient (Wildman–Crippen LogP) is 3.48. The number of aliphatic imine (C=N–C) groups is 1. The monoisotopic (exact) mass is 482 g/mol. The van der Waals surface area contributed by atoms with Crippen molar-refractivity contribution in [2.45, 2.75) is 58.0 Å². The van der Waals surface area contributed by atoms with E-state index in [4.69, 9.17) is 4.99 Å². The summed E-state index contributed by atoms with van der Waals surface area (Å²) in [6.07, 6.45) is 6.81. The molecule has 0 amide bonds. The van der Waals surface area contributed by atoms with Gasteiger partial charge in [-0.05, 0) is 32.3 Å². The molecule has 0 bridgehead atoms. The number of hydrogen-bond donors (Lipinski definition) is 2. The lowest BCUT2D eigenvalue weighted by Gasteiger charge is -2.30. The highest BCUT2D eigenvalue weighted by Gasteiger charge is 2.35. The molecule has 0 saturated heterocycles. The van der Waals surface area contributed by atoms with Crippen LogP contribution in [0.4, 0.5) is 0 Å². The van der Waals surface area contributed by atoms with E-state index in [1.807, 2.05) is 4.57 Å². The number of guanidine groups is 1. The molecule has 1 heterocycles. The van der Waals surface area contributed by atoms with Crippen molar-refractivity contribution in [3.8, 4) is 0 Å². The number of nitrogens with one attached hydrogen (secondary N) is 2. The highest BCUT2D eigenvalue weighted by Crippen LogP contribution is 2.40. The summed E-state index contributed by atoms with van der Waals surface area (Å²) in [4.78, 5) is 4.72. The first-order valence-corrected chi connectivity index (χ1v) is 9.72. The van der Waals surface area contributed by atoms with Crippen molar-refractivity contribution < 1.29 is 0 Å². The van der Waals surface area contributed by atoms with E-state index < -0.39 is 0 Å². The Kier molecular flexibility index (Phi) is 8.53. The number of benzene rings is 1. The van der Waals surface area contributed by atoms with Crippen molar-refractivity contribution in [3.05, 3.63) is 48.0 Å². The summed E-state index contributed by atoms with van der Waals surface area (Å²) in [6, 6.07) is 10.9. The molecular weight excluding hydrogens is 451 g/mol. The zero-order valence-corrected chi connectivity index (χ0v) is 18.6. The molecule has 1 fully saturated rings. The van der Waals surface area contributed by atoms with E-state index in [1.54, 1.807) is 6.33 Å². The highest BCUT2D eigenvalue weighted by atomic mass is 127. The number of hydrogen-bond acceptors (Lipinski definition) is 3. The van der Waals surface area contributed by atoms with E-state index in [-0.39, 0.29) is 29.4 Å². The minimum absolute atomic E-state index is 0. The van der Waals surface area contributed by atoms with E-state index in [9.17, 15) is 0 Å². The fraction of sp³-hybridized carbons (Fsp3) is 0.550. The van der Waals surface area contributed by atoms with Gasteiger partial charge in [-0.15, -0.1) is 34.2 Å². The van der Waals surface area contributed by atoms with Crippen molar-refractivity contribution >= 4 is 29.9 Å². The second-order valence-corrected chi connectivity index (χ2v) is 6.94. The summed E-state index contributed by atoms with van der Waals surface area (Å²) < 4.78 is 2.02. The lowest BCUT2D eigenvalue weighted by atomic mass is 9.79. The second-order valence-electron chi connectivity index (χ2n) is 6.94. The van der Waals surface area contributed by atoms with Gasteiger partial charge >= 0.3 is 0 Å². The fourth-order valence-corrected chi connectivity index (χ4v) is 3.82. The van der Waals surface area contributed by atoms with Crippen molar-refractivity contribution in [2.75, 3.05) is 13.1 Å². The van der Waals surface area contributed by atoms with Gasteiger partial charge in [0.25, 0.3) is 0 Å². The molecule has 2 N–H and O–H groups in total. The molecule has 1 aliphatic carbocycles. The Balaban J connectivity index is 0.00000261. The van der Waals surface area contributed by atoms with E-state index in [1.165, 1.54) is 31.2 Å². The Labute approximate surface area is 179 Å². The Morgan fingerprint density at radius 1 is 1.15 bits per heavy atom. The number of aryl methyl sites for hydroxylation is 1. The topological polar surface area (TPSA) is 67.1 Å². The minimum Gasteiger partial charge on any atom is -0.357 e. The Hall–Kier alpha value is -1.64. The lowest BCUT2D eigenvalue weighted by Crippen LogP contribution is -2.44. The number of halogens is 1. The summed E-state index contributed by atoms with van der Waals surface area (Å²) in [7, 11) is 0. The van der Waals surface area contributed by atoms with Crippen molar-refractivity contribution in [3.63, 3.8) is 0 Å². The zero-order valence-electron chi connectivity index (χ0n) is 16.3. The zero-order chi connectivity index (χ0) is 18.2. The first kappa shape index (κ1) is 21.7. The normalized spacial score (nSPS) is 16.0. The van der Waals surface area contributed by atoms with E-state index in [0.717, 1.165) is 31.4 Å². The van der Waals surface area contributed by atoms with Crippen LogP contribution in [0.15, 0.2) is 41.7 Å². The number of aromatic nitrogens is 3. The van der Waals surface area contributed by atoms with Crippen LogP contribution in [0, 0.1) is 0 Å². The van der Waals surface area contributed by atoms with Gasteiger partial charge in [0.05, 0.1) is 0 Å². The Bertz CT molecular complexity index is 706. The third-order valence-corrected chi connectivity index (χ3v) is 5.30. The van der Waals surface area contributed by atoms with Gasteiger partial charge in [0.2, 0.25) is 0 Å². The van der Waals surface area contributed by atoms with Gasteiger partial charge in [0.15, 0.2) is 11.8 Å². The molecule has 0 aliphatic heterocycles. The Morgan fingerprint density at radius 3 is 2.56 bits per heavy atom. The summed E-state index contributed by atoms with van der Waals surface area (Å²) in [6.45, 7) is 7.31. The first-order valence-electron chi connectivity index (χ1n) is 9.72. The van der Waals surface area contributed by atoms with Crippen LogP contribution in [-0.4, -0.2) is 33.8 Å². The van der Waals surface area contributed by atoms with Crippen LogP contribution in [0.2, 0.25) is 0 Å². The average molecular weight is 482 g/mol. The number of nitrogens with zero attached hydrogens (tertiary/aromatic N) is 4. The standard InChI is InChI=1S/C20H30N6.HI/c1-3-21-19(22-14-18-25-24-16-26(18)4-2)23-15-20(12-8-9-13-20)17-10-6-5-7-11-17;/h5-7,10-11,16H,3-4,8-9,12-15H2,1-2H3,(H2,21,22,23);1H. The number of rotatable bonds is 7. The van der Waals surface area contributed by atoms with Gasteiger partial charge in [-0.1, -0.05) is 43.2 Å². The molecule has 6 nitrogen and oxygen atoms in total. The molecule has 1 aliphatic rings. The largest absolute Gasteiger partial charge is 0.357 e. The lowest BCUT2D eigenvalue weighted by molar-refractivity contribution is 0.431. The SMILES string of the molecule is CCNC(=NCc1nncn1CC)NCC1(c2ccccc2)CCCC1.I. The molecule has 1 saturated carbocycles. The molecule has 0 unspecified atom stereocenters. The fourth-order valence-electron chi connectivity index (χ4n) is 3.82.